The first kappa shape index (κ1) is 16.0. The predicted octanol–water partition coefficient (Wildman–Crippen LogP) is 5.15. The molecule has 126 valence electrons. The number of benzene rings is 1. The summed E-state index contributed by atoms with van der Waals surface area (Å²) in [6.07, 6.45) is 7.28. The van der Waals surface area contributed by atoms with Crippen molar-refractivity contribution in [3.8, 4) is 10.6 Å². The summed E-state index contributed by atoms with van der Waals surface area (Å²) in [4.78, 5) is 20.4. The quantitative estimate of drug-likeness (QED) is 0.483. The molecule has 0 unspecified atom stereocenters. The molecule has 4 rings (SSSR count). The largest absolute Gasteiger partial charge is 0.377 e. The lowest BCUT2D eigenvalue weighted by Gasteiger charge is -2.24. The van der Waals surface area contributed by atoms with Crippen molar-refractivity contribution in [2.45, 2.75) is 19.3 Å². The minimum atomic E-state index is -0.0338. The van der Waals surface area contributed by atoms with Crippen LogP contribution >= 0.6 is 11.3 Å². The monoisotopic (exact) mass is 348 g/mol. The third kappa shape index (κ3) is 3.64. The van der Waals surface area contributed by atoms with Crippen LogP contribution in [0.1, 0.15) is 29.8 Å². The van der Waals surface area contributed by atoms with E-state index in [0.29, 0.717) is 5.69 Å². The highest BCUT2D eigenvalue weighted by Crippen LogP contribution is 2.32. The van der Waals surface area contributed by atoms with Crippen LogP contribution in [0.2, 0.25) is 0 Å². The SMILES string of the molecule is O=C(C=CN1CCCCC1)c1cccc(-c2cc3ccccc3s2)n1. The maximum Gasteiger partial charge on any atom is 0.205 e. The molecule has 0 amide bonds. The molecule has 0 radical (unpaired) electrons. The number of thiophene rings is 1. The molecule has 0 aliphatic carbocycles. The number of allylic oxidation sites excluding steroid dienone is 1. The zero-order chi connectivity index (χ0) is 17.1. The zero-order valence-corrected chi connectivity index (χ0v) is 14.8. The van der Waals surface area contributed by atoms with E-state index in [2.05, 4.69) is 28.1 Å². The second-order valence-corrected chi connectivity index (χ2v) is 7.42. The number of hydrogen-bond donors (Lipinski definition) is 0. The van der Waals surface area contributed by atoms with Gasteiger partial charge in [0, 0.05) is 30.1 Å². The van der Waals surface area contributed by atoms with Gasteiger partial charge in [0.25, 0.3) is 0 Å². The molecular formula is C21H20N2OS. The molecule has 2 aromatic heterocycles. The fourth-order valence-corrected chi connectivity index (χ4v) is 4.18. The van der Waals surface area contributed by atoms with Gasteiger partial charge in [0.15, 0.2) is 0 Å². The van der Waals surface area contributed by atoms with E-state index in [-0.39, 0.29) is 5.78 Å². The maximum atomic E-state index is 12.5. The fraction of sp³-hybridized carbons (Fsp3) is 0.238. The van der Waals surface area contributed by atoms with E-state index in [0.717, 1.165) is 23.7 Å². The van der Waals surface area contributed by atoms with Gasteiger partial charge >= 0.3 is 0 Å². The van der Waals surface area contributed by atoms with Gasteiger partial charge in [-0.2, -0.15) is 0 Å². The smallest absolute Gasteiger partial charge is 0.205 e. The number of rotatable bonds is 4. The Labute approximate surface area is 151 Å². The number of carbonyl (C=O) groups is 1. The highest BCUT2D eigenvalue weighted by Gasteiger charge is 2.10. The van der Waals surface area contributed by atoms with Crippen molar-refractivity contribution < 1.29 is 4.79 Å². The van der Waals surface area contributed by atoms with Crippen molar-refractivity contribution >= 4 is 27.2 Å². The first-order chi connectivity index (χ1) is 12.3. The Morgan fingerprint density at radius 2 is 1.88 bits per heavy atom. The molecule has 0 atom stereocenters. The van der Waals surface area contributed by atoms with Crippen LogP contribution in [0.3, 0.4) is 0 Å². The van der Waals surface area contributed by atoms with E-state index in [9.17, 15) is 4.79 Å². The number of ketones is 1. The number of hydrogen-bond acceptors (Lipinski definition) is 4. The van der Waals surface area contributed by atoms with Crippen LogP contribution in [0.25, 0.3) is 20.7 Å². The fourth-order valence-electron chi connectivity index (χ4n) is 3.14. The van der Waals surface area contributed by atoms with Crippen LogP contribution in [0, 0.1) is 0 Å². The number of aromatic nitrogens is 1. The van der Waals surface area contributed by atoms with Gasteiger partial charge in [0.1, 0.15) is 5.69 Å². The van der Waals surface area contributed by atoms with Crippen LogP contribution in [0.15, 0.2) is 60.8 Å². The van der Waals surface area contributed by atoms with Crippen LogP contribution in [-0.4, -0.2) is 28.8 Å². The van der Waals surface area contributed by atoms with Crippen molar-refractivity contribution in [3.05, 3.63) is 66.5 Å². The standard InChI is InChI=1S/C21H20N2OS/c24-19(11-14-23-12-4-1-5-13-23)17-8-6-9-18(22-17)21-15-16-7-2-3-10-20(16)25-21/h2-3,6-11,14-15H,1,4-5,12-13H2. The molecular weight excluding hydrogens is 328 g/mol. The van der Waals surface area contributed by atoms with Gasteiger partial charge < -0.3 is 4.90 Å². The van der Waals surface area contributed by atoms with E-state index < -0.39 is 0 Å². The highest BCUT2D eigenvalue weighted by molar-refractivity contribution is 7.22. The van der Waals surface area contributed by atoms with E-state index in [1.165, 1.54) is 29.3 Å². The number of fused-ring (bicyclic) bond motifs is 1. The van der Waals surface area contributed by atoms with Crippen molar-refractivity contribution in [1.82, 2.24) is 9.88 Å². The predicted molar refractivity (Wildman–Crippen MR) is 104 cm³/mol. The van der Waals surface area contributed by atoms with E-state index >= 15 is 0 Å². The summed E-state index contributed by atoms with van der Waals surface area (Å²) >= 11 is 1.71. The second kappa shape index (κ2) is 7.19. The van der Waals surface area contributed by atoms with Gasteiger partial charge in [-0.15, -0.1) is 11.3 Å². The van der Waals surface area contributed by atoms with Crippen molar-refractivity contribution in [3.63, 3.8) is 0 Å². The number of pyridine rings is 1. The molecule has 1 saturated heterocycles. The van der Waals surface area contributed by atoms with Crippen LogP contribution in [0.5, 0.6) is 0 Å². The maximum absolute atomic E-state index is 12.5. The third-order valence-corrected chi connectivity index (χ3v) is 5.65. The highest BCUT2D eigenvalue weighted by atomic mass is 32.1. The van der Waals surface area contributed by atoms with Crippen molar-refractivity contribution in [1.29, 1.82) is 0 Å². The Bertz CT molecular complexity index is 889. The summed E-state index contributed by atoms with van der Waals surface area (Å²) in [7, 11) is 0. The number of carbonyl (C=O) groups excluding carboxylic acids is 1. The Morgan fingerprint density at radius 1 is 1.04 bits per heavy atom. The van der Waals surface area contributed by atoms with Gasteiger partial charge in [-0.05, 0) is 48.9 Å². The summed E-state index contributed by atoms with van der Waals surface area (Å²) in [5.74, 6) is -0.0338. The Balaban J connectivity index is 1.56. The molecule has 3 heterocycles. The molecule has 1 aromatic carbocycles. The molecule has 0 N–H and O–H groups in total. The number of nitrogens with zero attached hydrogens (tertiary/aromatic N) is 2. The third-order valence-electron chi connectivity index (χ3n) is 4.51. The van der Waals surface area contributed by atoms with Crippen LogP contribution in [-0.2, 0) is 0 Å². The Morgan fingerprint density at radius 3 is 2.72 bits per heavy atom. The van der Waals surface area contributed by atoms with Gasteiger partial charge in [0.2, 0.25) is 5.78 Å². The topological polar surface area (TPSA) is 33.2 Å². The molecule has 3 aromatic rings. The first-order valence-electron chi connectivity index (χ1n) is 8.72. The molecule has 1 aliphatic rings. The van der Waals surface area contributed by atoms with Gasteiger partial charge in [-0.25, -0.2) is 4.98 Å². The number of piperidine rings is 1. The van der Waals surface area contributed by atoms with Gasteiger partial charge in [-0.1, -0.05) is 24.3 Å². The van der Waals surface area contributed by atoms with E-state index in [4.69, 9.17) is 0 Å². The average molecular weight is 348 g/mol. The van der Waals surface area contributed by atoms with E-state index in [1.54, 1.807) is 23.5 Å². The molecule has 0 bridgehead atoms. The molecule has 3 nitrogen and oxygen atoms in total. The van der Waals surface area contributed by atoms with E-state index in [1.807, 2.05) is 30.5 Å². The lowest BCUT2D eigenvalue weighted by molar-refractivity contribution is 0.104. The van der Waals surface area contributed by atoms with Crippen LogP contribution < -0.4 is 0 Å². The van der Waals surface area contributed by atoms with Gasteiger partial charge in [-0.3, -0.25) is 4.79 Å². The lowest BCUT2D eigenvalue weighted by atomic mass is 10.1. The first-order valence-corrected chi connectivity index (χ1v) is 9.54. The molecule has 4 heteroatoms. The summed E-state index contributed by atoms with van der Waals surface area (Å²) in [5.41, 5.74) is 1.36. The van der Waals surface area contributed by atoms with Gasteiger partial charge in [0.05, 0.1) is 10.6 Å². The Kier molecular flexibility index (Phi) is 4.61. The molecule has 1 aliphatic heterocycles. The minimum absolute atomic E-state index is 0.0338. The van der Waals surface area contributed by atoms with Crippen molar-refractivity contribution in [2.75, 3.05) is 13.1 Å². The number of likely N-dealkylation sites (tertiary alicyclic amines) is 1. The zero-order valence-electron chi connectivity index (χ0n) is 14.0. The Hall–Kier alpha value is -2.46. The molecule has 25 heavy (non-hydrogen) atoms. The summed E-state index contributed by atoms with van der Waals surface area (Å²) in [6.45, 7) is 2.08. The summed E-state index contributed by atoms with van der Waals surface area (Å²) in [5, 5.41) is 1.21. The average Bonchev–Trinajstić information content (AvgIpc) is 3.11. The summed E-state index contributed by atoms with van der Waals surface area (Å²) in [6, 6.07) is 16.1. The molecule has 0 saturated carbocycles. The lowest BCUT2D eigenvalue weighted by Crippen LogP contribution is -2.24. The second-order valence-electron chi connectivity index (χ2n) is 6.33. The normalized spacial score (nSPS) is 15.1. The van der Waals surface area contributed by atoms with Crippen LogP contribution in [0.4, 0.5) is 0 Å². The van der Waals surface area contributed by atoms with Crippen molar-refractivity contribution in [2.24, 2.45) is 0 Å². The molecule has 0 spiro atoms. The molecule has 1 fully saturated rings. The summed E-state index contributed by atoms with van der Waals surface area (Å²) < 4.78 is 1.24. The minimum Gasteiger partial charge on any atom is -0.377 e.